The third-order valence-electron chi connectivity index (χ3n) is 5.39. The van der Waals surface area contributed by atoms with Crippen LogP contribution in [0.1, 0.15) is 22.3 Å². The highest BCUT2D eigenvalue weighted by Crippen LogP contribution is 2.41. The Morgan fingerprint density at radius 1 is 0.906 bits per heavy atom. The summed E-state index contributed by atoms with van der Waals surface area (Å²) in [7, 11) is 0. The van der Waals surface area contributed by atoms with Gasteiger partial charge >= 0.3 is 0 Å². The average Bonchev–Trinajstić information content (AvgIpc) is 2.79. The third-order valence-corrected chi connectivity index (χ3v) is 6.47. The van der Waals surface area contributed by atoms with Crippen LogP contribution in [0.3, 0.4) is 0 Å². The Morgan fingerprint density at radius 2 is 1.53 bits per heavy atom. The smallest absolute Gasteiger partial charge is 0.265 e. The molecular formula is C27H26N2O2S. The van der Waals surface area contributed by atoms with Crippen molar-refractivity contribution in [1.82, 2.24) is 5.32 Å². The van der Waals surface area contributed by atoms with Gasteiger partial charge in [0.1, 0.15) is 0 Å². The molecule has 0 unspecified atom stereocenters. The lowest BCUT2D eigenvalue weighted by atomic mass is 10.1. The zero-order valence-electron chi connectivity index (χ0n) is 18.3. The highest BCUT2D eigenvalue weighted by atomic mass is 32.2. The first-order valence-electron chi connectivity index (χ1n) is 10.7. The van der Waals surface area contributed by atoms with Gasteiger partial charge in [-0.2, -0.15) is 0 Å². The second-order valence-electron chi connectivity index (χ2n) is 7.98. The lowest BCUT2D eigenvalue weighted by Gasteiger charge is -2.30. The fourth-order valence-electron chi connectivity index (χ4n) is 3.55. The number of nitrogens with one attached hydrogen (secondary N) is 1. The van der Waals surface area contributed by atoms with Crippen molar-refractivity contribution in [3.8, 4) is 0 Å². The van der Waals surface area contributed by atoms with E-state index in [1.807, 2.05) is 55.5 Å². The van der Waals surface area contributed by atoms with Crippen LogP contribution < -0.4 is 10.2 Å². The van der Waals surface area contributed by atoms with Crippen LogP contribution in [-0.2, 0) is 22.6 Å². The molecule has 32 heavy (non-hydrogen) atoms. The fraction of sp³-hybridized carbons (Fsp3) is 0.185. The van der Waals surface area contributed by atoms with Crippen molar-refractivity contribution < 1.29 is 9.59 Å². The molecule has 0 saturated heterocycles. The molecule has 5 heteroatoms. The Kier molecular flexibility index (Phi) is 6.76. The topological polar surface area (TPSA) is 49.4 Å². The first kappa shape index (κ1) is 21.9. The van der Waals surface area contributed by atoms with Crippen molar-refractivity contribution in [1.29, 1.82) is 0 Å². The quantitative estimate of drug-likeness (QED) is 0.535. The summed E-state index contributed by atoms with van der Waals surface area (Å²) in [5.74, 6) is -0.398. The van der Waals surface area contributed by atoms with Crippen LogP contribution in [0.5, 0.6) is 0 Å². The number of hydrogen-bond acceptors (Lipinski definition) is 3. The van der Waals surface area contributed by atoms with Gasteiger partial charge in [-0.1, -0.05) is 83.6 Å². The Morgan fingerprint density at radius 3 is 2.22 bits per heavy atom. The number of benzene rings is 3. The Labute approximate surface area is 193 Å². The normalized spacial score (nSPS) is 14.4. The highest BCUT2D eigenvalue weighted by Gasteiger charge is 2.29. The fourth-order valence-corrected chi connectivity index (χ4v) is 4.58. The molecule has 4 nitrogen and oxygen atoms in total. The molecule has 3 aromatic rings. The minimum absolute atomic E-state index is 0.150. The molecule has 0 bridgehead atoms. The molecule has 0 aliphatic carbocycles. The second-order valence-corrected chi connectivity index (χ2v) is 9.07. The number of amides is 2. The minimum atomic E-state index is -0.248. The van der Waals surface area contributed by atoms with Gasteiger partial charge in [0.05, 0.1) is 17.1 Å². The third kappa shape index (κ3) is 5.29. The zero-order valence-corrected chi connectivity index (χ0v) is 19.1. The highest BCUT2D eigenvalue weighted by molar-refractivity contribution is 8.04. The lowest BCUT2D eigenvalue weighted by molar-refractivity contribution is -0.118. The molecule has 1 heterocycles. The van der Waals surface area contributed by atoms with Crippen molar-refractivity contribution in [3.05, 3.63) is 106 Å². The molecule has 0 fully saturated rings. The molecule has 1 aliphatic heterocycles. The van der Waals surface area contributed by atoms with Gasteiger partial charge in [0.25, 0.3) is 5.91 Å². The van der Waals surface area contributed by atoms with Gasteiger partial charge in [0.2, 0.25) is 5.91 Å². The molecule has 0 aromatic heterocycles. The van der Waals surface area contributed by atoms with Crippen molar-refractivity contribution in [2.45, 2.75) is 31.7 Å². The van der Waals surface area contributed by atoms with E-state index >= 15 is 0 Å². The molecule has 0 saturated carbocycles. The van der Waals surface area contributed by atoms with Gasteiger partial charge in [0.15, 0.2) is 0 Å². The van der Waals surface area contributed by atoms with Gasteiger partial charge in [-0.05, 0) is 43.5 Å². The summed E-state index contributed by atoms with van der Waals surface area (Å²) in [4.78, 5) is 29.0. The summed E-state index contributed by atoms with van der Waals surface area (Å²) in [5, 5.41) is 2.91. The van der Waals surface area contributed by atoms with Crippen LogP contribution in [0.2, 0.25) is 0 Å². The van der Waals surface area contributed by atoms with E-state index in [9.17, 15) is 9.59 Å². The molecule has 162 valence electrons. The number of nitrogens with zero attached hydrogens (tertiary/aromatic N) is 1. The summed E-state index contributed by atoms with van der Waals surface area (Å²) in [6.45, 7) is 5.08. The molecule has 0 spiro atoms. The standard InChI is InChI=1S/C27H26N2O2S/c1-19-7-11-21(12-8-19)15-16-28-26(30)17-25-27(31)29(18-22-13-9-20(2)10-14-22)23-5-3-4-6-24(23)32-25/h3-14,17H,15-16,18H2,1-2H3,(H,28,30). The maximum absolute atomic E-state index is 13.3. The second kappa shape index (κ2) is 9.88. The number of carbonyl (C=O) groups excluding carboxylic acids is 2. The van der Waals surface area contributed by atoms with Crippen LogP contribution in [0.4, 0.5) is 5.69 Å². The van der Waals surface area contributed by atoms with Crippen LogP contribution in [-0.4, -0.2) is 18.4 Å². The van der Waals surface area contributed by atoms with E-state index in [1.165, 1.54) is 34.5 Å². The predicted molar refractivity (Wildman–Crippen MR) is 131 cm³/mol. The molecule has 4 rings (SSSR count). The molecule has 1 aliphatic rings. The number of para-hydroxylation sites is 1. The molecule has 1 N–H and O–H groups in total. The molecule has 2 amide bonds. The van der Waals surface area contributed by atoms with Gasteiger partial charge in [-0.3, -0.25) is 9.59 Å². The number of hydrogen-bond donors (Lipinski definition) is 1. The Hall–Kier alpha value is -3.31. The van der Waals surface area contributed by atoms with E-state index in [0.717, 1.165) is 22.6 Å². The Bertz CT molecular complexity index is 1150. The van der Waals surface area contributed by atoms with Gasteiger partial charge in [-0.15, -0.1) is 0 Å². The summed E-state index contributed by atoms with van der Waals surface area (Å²) >= 11 is 1.35. The molecular weight excluding hydrogens is 416 g/mol. The monoisotopic (exact) mass is 442 g/mol. The number of aryl methyl sites for hydroxylation is 2. The lowest BCUT2D eigenvalue weighted by Crippen LogP contribution is -2.34. The van der Waals surface area contributed by atoms with E-state index in [0.29, 0.717) is 18.0 Å². The largest absolute Gasteiger partial charge is 0.352 e. The molecule has 0 atom stereocenters. The number of fused-ring (bicyclic) bond motifs is 1. The van der Waals surface area contributed by atoms with E-state index in [2.05, 4.69) is 36.5 Å². The van der Waals surface area contributed by atoms with Gasteiger partial charge in [0, 0.05) is 17.5 Å². The van der Waals surface area contributed by atoms with Crippen molar-refractivity contribution in [2.24, 2.45) is 0 Å². The number of carbonyl (C=O) groups is 2. The number of rotatable bonds is 6. The van der Waals surface area contributed by atoms with E-state index in [-0.39, 0.29) is 11.8 Å². The van der Waals surface area contributed by atoms with Crippen molar-refractivity contribution in [2.75, 3.05) is 11.4 Å². The summed E-state index contributed by atoms with van der Waals surface area (Å²) in [6.07, 6.45) is 2.18. The van der Waals surface area contributed by atoms with Crippen molar-refractivity contribution >= 4 is 29.3 Å². The number of anilines is 1. The van der Waals surface area contributed by atoms with Crippen LogP contribution in [0.15, 0.2) is 88.7 Å². The van der Waals surface area contributed by atoms with E-state index in [1.54, 1.807) is 4.90 Å². The molecule has 0 radical (unpaired) electrons. The van der Waals surface area contributed by atoms with Gasteiger partial charge in [-0.25, -0.2) is 0 Å². The molecule has 3 aromatic carbocycles. The average molecular weight is 443 g/mol. The first-order valence-corrected chi connectivity index (χ1v) is 11.5. The zero-order chi connectivity index (χ0) is 22.5. The SMILES string of the molecule is Cc1ccc(CCNC(=O)C=C2Sc3ccccc3N(Cc3ccc(C)cc3)C2=O)cc1. The number of thioether (sulfide) groups is 1. The van der Waals surface area contributed by atoms with Crippen molar-refractivity contribution in [3.63, 3.8) is 0 Å². The van der Waals surface area contributed by atoms with Gasteiger partial charge < -0.3 is 10.2 Å². The predicted octanol–water partition coefficient (Wildman–Crippen LogP) is 5.19. The Balaban J connectivity index is 1.47. The first-order chi connectivity index (χ1) is 15.5. The van der Waals surface area contributed by atoms with E-state index < -0.39 is 0 Å². The summed E-state index contributed by atoms with van der Waals surface area (Å²) in [6, 6.07) is 24.2. The van der Waals surface area contributed by atoms with Crippen LogP contribution in [0, 0.1) is 13.8 Å². The summed E-state index contributed by atoms with van der Waals surface area (Å²) < 4.78 is 0. The minimum Gasteiger partial charge on any atom is -0.352 e. The summed E-state index contributed by atoms with van der Waals surface area (Å²) in [5.41, 5.74) is 5.49. The van der Waals surface area contributed by atoms with Crippen LogP contribution >= 0.6 is 11.8 Å². The van der Waals surface area contributed by atoms with Crippen LogP contribution in [0.25, 0.3) is 0 Å². The maximum Gasteiger partial charge on any atom is 0.265 e. The maximum atomic E-state index is 13.3. The van der Waals surface area contributed by atoms with E-state index in [4.69, 9.17) is 0 Å².